The predicted octanol–water partition coefficient (Wildman–Crippen LogP) is 9.22. The van der Waals surface area contributed by atoms with Crippen molar-refractivity contribution >= 4 is 17.9 Å². The van der Waals surface area contributed by atoms with Gasteiger partial charge in [-0.15, -0.1) is 0 Å². The third-order valence-corrected chi connectivity index (χ3v) is 9.35. The maximum absolute atomic E-state index is 12.7. The van der Waals surface area contributed by atoms with Crippen molar-refractivity contribution in [3.63, 3.8) is 0 Å². The summed E-state index contributed by atoms with van der Waals surface area (Å²) in [6, 6.07) is 0. The van der Waals surface area contributed by atoms with Crippen molar-refractivity contribution in [2.45, 2.75) is 206 Å². The number of nitrogens with zero attached hydrogens (tertiary/aromatic N) is 1. The molecule has 0 aliphatic rings. The maximum Gasteiger partial charge on any atom is 0.306 e. The summed E-state index contributed by atoms with van der Waals surface area (Å²) in [5.74, 6) is -2.27. The zero-order valence-corrected chi connectivity index (χ0v) is 34.0. The van der Waals surface area contributed by atoms with E-state index < -0.39 is 24.3 Å². The maximum atomic E-state index is 12.7. The van der Waals surface area contributed by atoms with Crippen molar-refractivity contribution < 1.29 is 42.9 Å². The minimum Gasteiger partial charge on any atom is -0.545 e. The molecule has 0 fully saturated rings. The summed E-state index contributed by atoms with van der Waals surface area (Å²) in [5, 5.41) is 11.6. The Labute approximate surface area is 313 Å². The quantitative estimate of drug-likeness (QED) is 0.0267. The molecule has 9 nitrogen and oxygen atoms in total. The second-order valence-corrected chi connectivity index (χ2v) is 15.6. The highest BCUT2D eigenvalue weighted by Gasteiger charge is 2.21. The van der Waals surface area contributed by atoms with Gasteiger partial charge < -0.3 is 33.3 Å². The van der Waals surface area contributed by atoms with Crippen molar-refractivity contribution in [2.24, 2.45) is 0 Å². The van der Waals surface area contributed by atoms with Gasteiger partial charge in [-0.3, -0.25) is 9.59 Å². The summed E-state index contributed by atoms with van der Waals surface area (Å²) < 4.78 is 22.5. The van der Waals surface area contributed by atoms with E-state index in [-0.39, 0.29) is 32.2 Å². The second-order valence-electron chi connectivity index (χ2n) is 15.6. The van der Waals surface area contributed by atoms with E-state index in [1.807, 2.05) is 21.1 Å². The lowest BCUT2D eigenvalue weighted by molar-refractivity contribution is -0.870. The van der Waals surface area contributed by atoms with E-state index in [0.717, 1.165) is 38.5 Å². The van der Waals surface area contributed by atoms with Crippen LogP contribution >= 0.6 is 0 Å². The van der Waals surface area contributed by atoms with Crippen LogP contribution in [0.15, 0.2) is 0 Å². The number of carboxylic acids is 1. The normalized spacial score (nSPS) is 12.9. The first kappa shape index (κ1) is 49.3. The molecule has 0 aliphatic heterocycles. The van der Waals surface area contributed by atoms with Gasteiger partial charge in [0.25, 0.3) is 0 Å². The van der Waals surface area contributed by atoms with Crippen LogP contribution in [0.2, 0.25) is 0 Å². The van der Waals surface area contributed by atoms with Crippen LogP contribution < -0.4 is 5.11 Å². The molecule has 0 aromatic heterocycles. The number of esters is 2. The summed E-state index contributed by atoms with van der Waals surface area (Å²) >= 11 is 0. The molecule has 302 valence electrons. The Bertz CT molecular complexity index is 815. The molecule has 0 rings (SSSR count). The van der Waals surface area contributed by atoms with Gasteiger partial charge in [0.1, 0.15) is 13.2 Å². The summed E-state index contributed by atoms with van der Waals surface area (Å²) in [6.07, 6.45) is 29.8. The molecule has 0 amide bonds. The molecule has 51 heavy (non-hydrogen) atoms. The fraction of sp³-hybridized carbons (Fsp3) is 0.929. The van der Waals surface area contributed by atoms with Gasteiger partial charge in [-0.2, -0.15) is 0 Å². The van der Waals surface area contributed by atoms with Crippen LogP contribution in [0.3, 0.4) is 0 Å². The highest BCUT2D eigenvalue weighted by Crippen LogP contribution is 2.15. The number of quaternary nitrogens is 1. The van der Waals surface area contributed by atoms with Crippen LogP contribution in [-0.2, 0) is 33.3 Å². The number of likely N-dealkylation sites (N-methyl/N-ethyl adjacent to an activating group) is 1. The minimum atomic E-state index is -1.61. The lowest BCUT2D eigenvalue weighted by Gasteiger charge is -2.26. The molecule has 0 aromatic carbocycles. The lowest BCUT2D eigenvalue weighted by Crippen LogP contribution is -2.44. The van der Waals surface area contributed by atoms with Crippen molar-refractivity contribution in [2.75, 3.05) is 47.5 Å². The number of rotatable bonds is 39. The molecule has 0 aliphatic carbocycles. The monoisotopic (exact) mass is 728 g/mol. The molecule has 9 heteroatoms. The van der Waals surface area contributed by atoms with Crippen molar-refractivity contribution in [3.05, 3.63) is 0 Å². The lowest BCUT2D eigenvalue weighted by atomic mass is 10.0. The van der Waals surface area contributed by atoms with Crippen molar-refractivity contribution in [1.82, 2.24) is 0 Å². The van der Waals surface area contributed by atoms with Gasteiger partial charge in [-0.1, -0.05) is 168 Å². The predicted molar refractivity (Wildman–Crippen MR) is 205 cm³/mol. The molecule has 0 N–H and O–H groups in total. The number of hydrogen-bond donors (Lipinski definition) is 0. The van der Waals surface area contributed by atoms with E-state index in [0.29, 0.717) is 17.4 Å². The first-order valence-electron chi connectivity index (χ1n) is 21.2. The molecule has 2 unspecified atom stereocenters. The van der Waals surface area contributed by atoms with E-state index in [2.05, 4.69) is 13.8 Å². The number of aliphatic carboxylic acids is 1. The molecule has 0 saturated heterocycles. The summed E-state index contributed by atoms with van der Waals surface area (Å²) in [6.45, 7) is 4.75. The van der Waals surface area contributed by atoms with Crippen LogP contribution in [0, 0.1) is 0 Å². The Morgan fingerprint density at radius 1 is 0.510 bits per heavy atom. The molecule has 2 atom stereocenters. The molecule has 0 spiro atoms. The first-order chi connectivity index (χ1) is 24.6. The summed E-state index contributed by atoms with van der Waals surface area (Å²) in [7, 11) is 5.91. The number of unbranched alkanes of at least 4 members (excludes halogenated alkanes) is 24. The fourth-order valence-corrected chi connectivity index (χ4v) is 6.01. The molecule has 0 radical (unpaired) electrons. The average molecular weight is 728 g/mol. The molecule has 0 heterocycles. The van der Waals surface area contributed by atoms with Crippen molar-refractivity contribution in [1.29, 1.82) is 0 Å². The minimum absolute atomic E-state index is 0.153. The van der Waals surface area contributed by atoms with Gasteiger partial charge in [-0.05, 0) is 12.8 Å². The number of hydrogen-bond acceptors (Lipinski definition) is 8. The van der Waals surface area contributed by atoms with Gasteiger partial charge in [-0.25, -0.2) is 0 Å². The Morgan fingerprint density at radius 3 is 1.25 bits per heavy atom. The van der Waals surface area contributed by atoms with Crippen LogP contribution in [-0.4, -0.2) is 82.3 Å². The topological polar surface area (TPSA) is 111 Å². The zero-order valence-electron chi connectivity index (χ0n) is 34.0. The van der Waals surface area contributed by atoms with E-state index >= 15 is 0 Å². The van der Waals surface area contributed by atoms with E-state index in [1.54, 1.807) is 0 Å². The SMILES string of the molecule is CCCCCCCCCCCCCCCC(=O)OCC(COC(OCC[N+](C)(C)C)C(=O)[O-])OC(=O)CCCCCCCCCCCCCCC. The van der Waals surface area contributed by atoms with Crippen molar-refractivity contribution in [3.8, 4) is 0 Å². The highest BCUT2D eigenvalue weighted by molar-refractivity contribution is 5.70. The zero-order chi connectivity index (χ0) is 37.8. The molecule has 0 bridgehead atoms. The molecular formula is C42H81NO8. The number of carboxylic acid groups (broad SMARTS) is 1. The Hall–Kier alpha value is -1.71. The average Bonchev–Trinajstić information content (AvgIpc) is 3.08. The third kappa shape index (κ3) is 36.4. The van der Waals surface area contributed by atoms with Crippen LogP contribution in [0.1, 0.15) is 194 Å². The first-order valence-corrected chi connectivity index (χ1v) is 21.2. The molecule has 0 aromatic rings. The molecule has 0 saturated carbocycles. The standard InChI is InChI=1S/C42H81NO8/c1-6-8-10-12-14-16-18-20-22-24-26-28-30-32-39(44)49-36-38(37-50-42(41(46)47)48-35-34-43(3,4)5)51-40(45)33-31-29-27-25-23-21-19-17-15-13-11-9-7-2/h38,42H,6-37H2,1-5H3. The number of carbonyl (C=O) groups is 3. The second kappa shape index (κ2) is 35.3. The van der Waals surface area contributed by atoms with E-state index in [9.17, 15) is 19.5 Å². The number of ether oxygens (including phenoxy) is 4. The van der Waals surface area contributed by atoms with Crippen LogP contribution in [0.5, 0.6) is 0 Å². The Morgan fingerprint density at radius 2 is 0.882 bits per heavy atom. The third-order valence-electron chi connectivity index (χ3n) is 9.35. The van der Waals surface area contributed by atoms with E-state index in [1.165, 1.54) is 128 Å². The van der Waals surface area contributed by atoms with Gasteiger partial charge in [0.05, 0.1) is 40.3 Å². The summed E-state index contributed by atoms with van der Waals surface area (Å²) in [4.78, 5) is 36.8. The van der Waals surface area contributed by atoms with Gasteiger partial charge in [0, 0.05) is 12.8 Å². The Kier molecular flexibility index (Phi) is 34.1. The van der Waals surface area contributed by atoms with Gasteiger partial charge >= 0.3 is 11.9 Å². The Balaban J connectivity index is 4.45. The smallest absolute Gasteiger partial charge is 0.306 e. The molecular weight excluding hydrogens is 646 g/mol. The van der Waals surface area contributed by atoms with Crippen LogP contribution in [0.25, 0.3) is 0 Å². The van der Waals surface area contributed by atoms with E-state index in [4.69, 9.17) is 18.9 Å². The van der Waals surface area contributed by atoms with Gasteiger partial charge in [0.15, 0.2) is 12.4 Å². The fourth-order valence-electron chi connectivity index (χ4n) is 6.01. The largest absolute Gasteiger partial charge is 0.545 e. The highest BCUT2D eigenvalue weighted by atomic mass is 16.7. The van der Waals surface area contributed by atoms with Crippen LogP contribution in [0.4, 0.5) is 0 Å². The summed E-state index contributed by atoms with van der Waals surface area (Å²) in [5.41, 5.74) is 0. The van der Waals surface area contributed by atoms with Gasteiger partial charge in [0.2, 0.25) is 0 Å². The number of carbonyl (C=O) groups excluding carboxylic acids is 3.